The number of hydrogen-bond donors (Lipinski definition) is 1. The Bertz CT molecular complexity index is 877. The fraction of sp³-hybridized carbons (Fsp3) is 0.222. The van der Waals surface area contributed by atoms with E-state index in [-0.39, 0.29) is 5.91 Å². The molecule has 2 aromatic heterocycles. The van der Waals surface area contributed by atoms with E-state index in [0.29, 0.717) is 16.5 Å². The number of anilines is 1. The molecule has 3 rings (SSSR count). The monoisotopic (exact) mass is 326 g/mol. The number of benzene rings is 1. The molecule has 0 spiro atoms. The highest BCUT2D eigenvalue weighted by Crippen LogP contribution is 2.31. The summed E-state index contributed by atoms with van der Waals surface area (Å²) < 4.78 is 5.17. The number of aromatic nitrogens is 1. The highest BCUT2D eigenvalue weighted by atomic mass is 32.1. The van der Waals surface area contributed by atoms with Gasteiger partial charge in [0.15, 0.2) is 5.13 Å². The largest absolute Gasteiger partial charge is 0.469 e. The molecule has 5 heteroatoms. The van der Waals surface area contributed by atoms with E-state index in [9.17, 15) is 4.79 Å². The van der Waals surface area contributed by atoms with Crippen LogP contribution in [0.1, 0.15) is 32.1 Å². The van der Waals surface area contributed by atoms with Crippen LogP contribution in [0.15, 0.2) is 34.9 Å². The zero-order valence-electron chi connectivity index (χ0n) is 13.6. The molecule has 23 heavy (non-hydrogen) atoms. The van der Waals surface area contributed by atoms with Gasteiger partial charge >= 0.3 is 0 Å². The molecular formula is C18H18N2O2S. The van der Waals surface area contributed by atoms with Gasteiger partial charge in [0, 0.05) is 10.4 Å². The first-order chi connectivity index (χ1) is 11.0. The second-order valence-electron chi connectivity index (χ2n) is 5.57. The molecule has 0 atom stereocenters. The van der Waals surface area contributed by atoms with E-state index < -0.39 is 0 Å². The van der Waals surface area contributed by atoms with Crippen LogP contribution in [0.5, 0.6) is 0 Å². The van der Waals surface area contributed by atoms with Crippen molar-refractivity contribution in [3.63, 3.8) is 0 Å². The zero-order chi connectivity index (χ0) is 16.6. The van der Waals surface area contributed by atoms with Crippen LogP contribution in [-0.2, 0) is 0 Å². The van der Waals surface area contributed by atoms with Gasteiger partial charge < -0.3 is 4.42 Å². The normalized spacial score (nSPS) is 10.8. The number of thiazole rings is 1. The third kappa shape index (κ3) is 3.05. The third-order valence-electron chi connectivity index (χ3n) is 3.90. The zero-order valence-corrected chi connectivity index (χ0v) is 14.4. The summed E-state index contributed by atoms with van der Waals surface area (Å²) in [6.45, 7) is 7.96. The van der Waals surface area contributed by atoms with Crippen molar-refractivity contribution in [2.24, 2.45) is 0 Å². The van der Waals surface area contributed by atoms with Crippen LogP contribution in [0.2, 0.25) is 0 Å². The SMILES string of the molecule is Cc1ccc(-c2nc(NC(=O)c3ccoc3C)sc2C)cc1C. The summed E-state index contributed by atoms with van der Waals surface area (Å²) in [6, 6.07) is 7.95. The molecule has 4 nitrogen and oxygen atoms in total. The lowest BCUT2D eigenvalue weighted by Gasteiger charge is -2.03. The van der Waals surface area contributed by atoms with E-state index in [1.165, 1.54) is 28.7 Å². The minimum absolute atomic E-state index is 0.198. The summed E-state index contributed by atoms with van der Waals surface area (Å²) in [5.74, 6) is 0.404. The molecule has 0 bridgehead atoms. The highest BCUT2D eigenvalue weighted by Gasteiger charge is 2.16. The second-order valence-corrected chi connectivity index (χ2v) is 6.77. The maximum absolute atomic E-state index is 12.2. The topological polar surface area (TPSA) is 55.1 Å². The number of carbonyl (C=O) groups excluding carboxylic acids is 1. The molecule has 1 amide bonds. The average Bonchev–Trinajstić information content (AvgIpc) is 3.08. The van der Waals surface area contributed by atoms with Crippen LogP contribution < -0.4 is 5.32 Å². The van der Waals surface area contributed by atoms with Gasteiger partial charge in [-0.3, -0.25) is 10.1 Å². The van der Waals surface area contributed by atoms with E-state index >= 15 is 0 Å². The number of carbonyl (C=O) groups is 1. The molecule has 1 aromatic carbocycles. The fourth-order valence-corrected chi connectivity index (χ4v) is 3.22. The van der Waals surface area contributed by atoms with Gasteiger partial charge in [-0.2, -0.15) is 0 Å². The van der Waals surface area contributed by atoms with Crippen LogP contribution in [0.25, 0.3) is 11.3 Å². The molecule has 0 aliphatic heterocycles. The summed E-state index contributed by atoms with van der Waals surface area (Å²) in [4.78, 5) is 17.9. The van der Waals surface area contributed by atoms with Crippen LogP contribution >= 0.6 is 11.3 Å². The van der Waals surface area contributed by atoms with Gasteiger partial charge in [-0.25, -0.2) is 4.98 Å². The lowest BCUT2D eigenvalue weighted by Crippen LogP contribution is -2.11. The smallest absolute Gasteiger partial charge is 0.260 e. The van der Waals surface area contributed by atoms with Gasteiger partial charge in [-0.1, -0.05) is 12.1 Å². The van der Waals surface area contributed by atoms with E-state index in [2.05, 4.69) is 42.3 Å². The summed E-state index contributed by atoms with van der Waals surface area (Å²) in [6.07, 6.45) is 1.51. The molecular weight excluding hydrogens is 308 g/mol. The number of nitrogens with one attached hydrogen (secondary N) is 1. The van der Waals surface area contributed by atoms with E-state index in [0.717, 1.165) is 16.1 Å². The Morgan fingerprint density at radius 3 is 2.57 bits per heavy atom. The predicted octanol–water partition coefficient (Wildman–Crippen LogP) is 4.89. The maximum Gasteiger partial charge on any atom is 0.260 e. The highest BCUT2D eigenvalue weighted by molar-refractivity contribution is 7.16. The first-order valence-corrected chi connectivity index (χ1v) is 8.18. The van der Waals surface area contributed by atoms with Crippen molar-refractivity contribution in [2.45, 2.75) is 27.7 Å². The van der Waals surface area contributed by atoms with Crippen molar-refractivity contribution in [1.29, 1.82) is 0 Å². The first kappa shape index (κ1) is 15.5. The van der Waals surface area contributed by atoms with E-state index in [1.54, 1.807) is 13.0 Å². The Hall–Kier alpha value is -2.40. The number of furan rings is 1. The summed E-state index contributed by atoms with van der Waals surface area (Å²) in [7, 11) is 0. The molecule has 2 heterocycles. The molecule has 0 saturated heterocycles. The Morgan fingerprint density at radius 1 is 1.13 bits per heavy atom. The van der Waals surface area contributed by atoms with Gasteiger partial charge in [-0.05, 0) is 51.0 Å². The van der Waals surface area contributed by atoms with Crippen molar-refractivity contribution in [1.82, 2.24) is 4.98 Å². The number of nitrogens with zero attached hydrogens (tertiary/aromatic N) is 1. The lowest BCUT2D eigenvalue weighted by atomic mass is 10.0. The average molecular weight is 326 g/mol. The molecule has 0 saturated carbocycles. The minimum atomic E-state index is -0.198. The van der Waals surface area contributed by atoms with Crippen molar-refractivity contribution in [3.8, 4) is 11.3 Å². The molecule has 0 aliphatic carbocycles. The van der Waals surface area contributed by atoms with Gasteiger partial charge in [0.05, 0.1) is 17.5 Å². The van der Waals surface area contributed by atoms with Crippen LogP contribution in [0, 0.1) is 27.7 Å². The Balaban J connectivity index is 1.87. The van der Waals surface area contributed by atoms with Gasteiger partial charge in [0.1, 0.15) is 5.76 Å². The maximum atomic E-state index is 12.2. The number of amides is 1. The van der Waals surface area contributed by atoms with E-state index in [4.69, 9.17) is 4.42 Å². The Morgan fingerprint density at radius 2 is 1.91 bits per heavy atom. The molecule has 0 fully saturated rings. The van der Waals surface area contributed by atoms with Gasteiger partial charge in [0.25, 0.3) is 5.91 Å². The standard InChI is InChI=1S/C18H18N2O2S/c1-10-5-6-14(9-11(10)2)16-13(4)23-18(19-16)20-17(21)15-7-8-22-12(15)3/h5-9H,1-4H3,(H,19,20,21). The molecule has 3 aromatic rings. The van der Waals surface area contributed by atoms with Crippen LogP contribution in [0.3, 0.4) is 0 Å². The third-order valence-corrected chi connectivity index (χ3v) is 4.79. The Labute approximate surface area is 139 Å². The number of aryl methyl sites for hydroxylation is 4. The van der Waals surface area contributed by atoms with Crippen molar-refractivity contribution < 1.29 is 9.21 Å². The summed E-state index contributed by atoms with van der Waals surface area (Å²) in [5.41, 5.74) is 5.00. The quantitative estimate of drug-likeness (QED) is 0.745. The minimum Gasteiger partial charge on any atom is -0.469 e. The molecule has 1 N–H and O–H groups in total. The molecule has 0 aliphatic rings. The van der Waals surface area contributed by atoms with Crippen LogP contribution in [0.4, 0.5) is 5.13 Å². The predicted molar refractivity (Wildman–Crippen MR) is 93.2 cm³/mol. The van der Waals surface area contributed by atoms with Crippen molar-refractivity contribution in [2.75, 3.05) is 5.32 Å². The fourth-order valence-electron chi connectivity index (χ4n) is 2.39. The Kier molecular flexibility index (Phi) is 4.05. The number of hydrogen-bond acceptors (Lipinski definition) is 4. The molecule has 0 radical (unpaired) electrons. The lowest BCUT2D eigenvalue weighted by molar-refractivity contribution is 0.102. The summed E-state index contributed by atoms with van der Waals surface area (Å²) in [5, 5.41) is 3.45. The molecule has 0 unspecified atom stereocenters. The van der Waals surface area contributed by atoms with Crippen molar-refractivity contribution >= 4 is 22.4 Å². The first-order valence-electron chi connectivity index (χ1n) is 7.36. The van der Waals surface area contributed by atoms with Crippen LogP contribution in [-0.4, -0.2) is 10.9 Å². The van der Waals surface area contributed by atoms with Gasteiger partial charge in [-0.15, -0.1) is 11.3 Å². The molecule has 118 valence electrons. The summed E-state index contributed by atoms with van der Waals surface area (Å²) >= 11 is 1.48. The number of rotatable bonds is 3. The van der Waals surface area contributed by atoms with Crippen molar-refractivity contribution in [3.05, 3.63) is 57.9 Å². The van der Waals surface area contributed by atoms with E-state index in [1.807, 2.05) is 6.92 Å². The van der Waals surface area contributed by atoms with Gasteiger partial charge in [0.2, 0.25) is 0 Å². The second kappa shape index (κ2) is 6.01.